The molecule has 0 aromatic carbocycles. The van der Waals surface area contributed by atoms with Gasteiger partial charge in [-0.05, 0) is 18.8 Å². The number of carbonyl (C=O) groups excluding carboxylic acids is 2. The molecule has 0 saturated heterocycles. The van der Waals surface area contributed by atoms with Crippen LogP contribution in [0.3, 0.4) is 0 Å². The zero-order valence-corrected chi connectivity index (χ0v) is 16.2. The zero-order valence-electron chi connectivity index (χ0n) is 14.5. The van der Waals surface area contributed by atoms with Gasteiger partial charge in [-0.1, -0.05) is 38.5 Å². The van der Waals surface area contributed by atoms with E-state index in [1.54, 1.807) is 0 Å². The first kappa shape index (κ1) is 20.9. The van der Waals surface area contributed by atoms with Crippen LogP contribution in [0.25, 0.3) is 0 Å². The fourth-order valence-electron chi connectivity index (χ4n) is 2.84. The van der Waals surface area contributed by atoms with Gasteiger partial charge in [-0.15, -0.1) is 12.4 Å². The Morgan fingerprint density at radius 3 is 2.54 bits per heavy atom. The first-order valence-corrected chi connectivity index (χ1v) is 8.69. The number of methoxy groups -OCH3 is 1. The minimum absolute atomic E-state index is 0. The smallest absolute Gasteiger partial charge is 0.350 e. The summed E-state index contributed by atoms with van der Waals surface area (Å²) in [7, 11) is 1.34. The second kappa shape index (κ2) is 8.27. The Morgan fingerprint density at radius 1 is 1.38 bits per heavy atom. The van der Waals surface area contributed by atoms with Gasteiger partial charge in [0.15, 0.2) is 5.13 Å². The molecule has 2 rings (SSSR count). The Morgan fingerprint density at radius 2 is 2.04 bits per heavy atom. The first-order chi connectivity index (χ1) is 10.7. The number of nitrogens with two attached hydrogens (primary N) is 1. The molecule has 2 atom stereocenters. The fraction of sp³-hybridized carbons (Fsp3) is 0.688. The monoisotopic (exact) mass is 375 g/mol. The van der Waals surface area contributed by atoms with E-state index in [9.17, 15) is 9.59 Å². The van der Waals surface area contributed by atoms with Crippen LogP contribution < -0.4 is 11.1 Å². The summed E-state index contributed by atoms with van der Waals surface area (Å²) in [5.41, 5.74) is 6.34. The Balaban J connectivity index is 0.00000288. The van der Waals surface area contributed by atoms with E-state index < -0.39 is 5.97 Å². The van der Waals surface area contributed by atoms with Crippen LogP contribution in [0.5, 0.6) is 0 Å². The third-order valence-electron chi connectivity index (χ3n) is 4.12. The van der Waals surface area contributed by atoms with Gasteiger partial charge in [0, 0.05) is 17.9 Å². The van der Waals surface area contributed by atoms with Crippen molar-refractivity contribution in [1.82, 2.24) is 4.98 Å². The second-order valence-corrected chi connectivity index (χ2v) is 8.04. The number of ether oxygens (including phenoxy) is 1. The highest BCUT2D eigenvalue weighted by molar-refractivity contribution is 7.17. The van der Waals surface area contributed by atoms with Crippen LogP contribution in [0.2, 0.25) is 0 Å². The van der Waals surface area contributed by atoms with Crippen molar-refractivity contribution in [3.8, 4) is 0 Å². The van der Waals surface area contributed by atoms with E-state index in [1.165, 1.54) is 7.11 Å². The van der Waals surface area contributed by atoms with E-state index in [-0.39, 0.29) is 35.7 Å². The molecule has 0 unspecified atom stereocenters. The summed E-state index contributed by atoms with van der Waals surface area (Å²) in [6.07, 6.45) is 3.46. The number of thiazole rings is 1. The molecule has 1 saturated carbocycles. The SMILES string of the molecule is COC(=O)c1sc(NC(=O)C[C@@H]2CCC[C@H]2N)nc1C(C)(C)C.Cl. The Hall–Kier alpha value is -1.18. The summed E-state index contributed by atoms with van der Waals surface area (Å²) in [4.78, 5) is 29.0. The zero-order chi connectivity index (χ0) is 17.2. The van der Waals surface area contributed by atoms with E-state index in [0.717, 1.165) is 30.6 Å². The van der Waals surface area contributed by atoms with Crippen molar-refractivity contribution in [2.24, 2.45) is 11.7 Å². The standard InChI is InChI=1S/C16H25N3O3S.ClH/c1-16(2,3)13-12(14(21)22-4)23-15(19-13)18-11(20)8-9-6-5-7-10(9)17;/h9-10H,5-8,17H2,1-4H3,(H,18,19,20);1H/t9-,10+;/m0./s1. The van der Waals surface area contributed by atoms with Gasteiger partial charge >= 0.3 is 5.97 Å². The Labute approximate surface area is 153 Å². The number of aromatic nitrogens is 1. The van der Waals surface area contributed by atoms with Gasteiger partial charge in [-0.2, -0.15) is 0 Å². The lowest BCUT2D eigenvalue weighted by atomic mass is 9.91. The van der Waals surface area contributed by atoms with Crippen LogP contribution in [0.15, 0.2) is 0 Å². The largest absolute Gasteiger partial charge is 0.465 e. The van der Waals surface area contributed by atoms with E-state index in [0.29, 0.717) is 22.1 Å². The number of nitrogens with one attached hydrogen (secondary N) is 1. The topological polar surface area (TPSA) is 94.3 Å². The van der Waals surface area contributed by atoms with E-state index in [2.05, 4.69) is 10.3 Å². The predicted molar refractivity (Wildman–Crippen MR) is 98.0 cm³/mol. The van der Waals surface area contributed by atoms with Gasteiger partial charge in [0.25, 0.3) is 0 Å². The molecule has 1 amide bonds. The molecule has 8 heteroatoms. The van der Waals surface area contributed by atoms with Crippen molar-refractivity contribution in [1.29, 1.82) is 0 Å². The van der Waals surface area contributed by atoms with Crippen LogP contribution in [0.4, 0.5) is 5.13 Å². The van der Waals surface area contributed by atoms with Crippen LogP contribution in [0, 0.1) is 5.92 Å². The Bertz CT molecular complexity index is 598. The number of rotatable bonds is 4. The number of esters is 1. The molecule has 6 nitrogen and oxygen atoms in total. The van der Waals surface area contributed by atoms with Crippen LogP contribution in [-0.4, -0.2) is 30.0 Å². The van der Waals surface area contributed by atoms with Crippen molar-refractivity contribution in [3.05, 3.63) is 10.6 Å². The van der Waals surface area contributed by atoms with Gasteiger partial charge in [-0.3, -0.25) is 4.79 Å². The lowest BCUT2D eigenvalue weighted by Crippen LogP contribution is -2.28. The summed E-state index contributed by atoms with van der Waals surface area (Å²) in [5, 5.41) is 3.24. The van der Waals surface area contributed by atoms with Crippen LogP contribution in [-0.2, 0) is 14.9 Å². The van der Waals surface area contributed by atoms with Gasteiger partial charge in [-0.25, -0.2) is 9.78 Å². The van der Waals surface area contributed by atoms with Gasteiger partial charge < -0.3 is 15.8 Å². The molecule has 1 aliphatic carbocycles. The third-order valence-corrected chi connectivity index (χ3v) is 5.07. The summed E-state index contributed by atoms with van der Waals surface area (Å²) in [5.74, 6) is -0.291. The minimum Gasteiger partial charge on any atom is -0.465 e. The predicted octanol–water partition coefficient (Wildman–Crippen LogP) is 3.11. The number of nitrogens with zero attached hydrogens (tertiary/aromatic N) is 1. The fourth-order valence-corrected chi connectivity index (χ4v) is 3.95. The maximum Gasteiger partial charge on any atom is 0.350 e. The third kappa shape index (κ3) is 4.91. The molecule has 0 aliphatic heterocycles. The van der Waals surface area contributed by atoms with Crippen molar-refractivity contribution in [3.63, 3.8) is 0 Å². The number of anilines is 1. The first-order valence-electron chi connectivity index (χ1n) is 7.87. The maximum absolute atomic E-state index is 12.2. The maximum atomic E-state index is 12.2. The second-order valence-electron chi connectivity index (χ2n) is 7.05. The number of halogens is 1. The number of hydrogen-bond donors (Lipinski definition) is 2. The summed E-state index contributed by atoms with van der Waals surface area (Å²) in [6.45, 7) is 5.91. The average Bonchev–Trinajstić information content (AvgIpc) is 3.05. The van der Waals surface area contributed by atoms with Crippen molar-refractivity contribution in [2.45, 2.75) is 57.9 Å². The number of carbonyl (C=O) groups is 2. The molecule has 1 aromatic heterocycles. The summed E-state index contributed by atoms with van der Waals surface area (Å²) >= 11 is 1.16. The highest BCUT2D eigenvalue weighted by atomic mass is 35.5. The molecule has 3 N–H and O–H groups in total. The highest BCUT2D eigenvalue weighted by Gasteiger charge is 2.29. The quantitative estimate of drug-likeness (QED) is 0.788. The van der Waals surface area contributed by atoms with Crippen molar-refractivity contribution in [2.75, 3.05) is 12.4 Å². The average molecular weight is 376 g/mol. The van der Waals surface area contributed by atoms with Gasteiger partial charge in [0.1, 0.15) is 4.88 Å². The normalized spacial score (nSPS) is 20.4. The molecule has 0 bridgehead atoms. The molecule has 1 aromatic rings. The van der Waals surface area contributed by atoms with E-state index >= 15 is 0 Å². The van der Waals surface area contributed by atoms with Crippen LogP contribution in [0.1, 0.15) is 61.8 Å². The minimum atomic E-state index is -0.425. The number of hydrogen-bond acceptors (Lipinski definition) is 6. The Kier molecular flexibility index (Phi) is 7.19. The highest BCUT2D eigenvalue weighted by Crippen LogP contribution is 2.33. The lowest BCUT2D eigenvalue weighted by Gasteiger charge is -2.16. The molecule has 0 spiro atoms. The van der Waals surface area contributed by atoms with E-state index in [1.807, 2.05) is 20.8 Å². The lowest BCUT2D eigenvalue weighted by molar-refractivity contribution is -0.117. The number of amides is 1. The molecule has 1 heterocycles. The van der Waals surface area contributed by atoms with Crippen molar-refractivity contribution >= 4 is 40.8 Å². The molecule has 0 radical (unpaired) electrons. The molecule has 136 valence electrons. The van der Waals surface area contributed by atoms with Crippen molar-refractivity contribution < 1.29 is 14.3 Å². The molecular weight excluding hydrogens is 350 g/mol. The summed E-state index contributed by atoms with van der Waals surface area (Å²) < 4.78 is 4.81. The summed E-state index contributed by atoms with van der Waals surface area (Å²) in [6, 6.07) is 0.104. The molecule has 1 aliphatic rings. The molecule has 24 heavy (non-hydrogen) atoms. The van der Waals surface area contributed by atoms with Crippen LogP contribution >= 0.6 is 23.7 Å². The van der Waals surface area contributed by atoms with Gasteiger partial charge in [0.05, 0.1) is 12.8 Å². The van der Waals surface area contributed by atoms with E-state index in [4.69, 9.17) is 10.5 Å². The molecule has 1 fully saturated rings. The molecular formula is C16H26ClN3O3S. The van der Waals surface area contributed by atoms with Gasteiger partial charge in [0.2, 0.25) is 5.91 Å².